The number of carboxylic acids is 1. The Morgan fingerprint density at radius 1 is 0.807 bits per heavy atom. The molecule has 0 bridgehead atoms. The Morgan fingerprint density at radius 3 is 2.01 bits per heavy atom. The summed E-state index contributed by atoms with van der Waals surface area (Å²) >= 11 is 0. The third-order valence-electron chi connectivity index (χ3n) is 14.9. The average molecular weight is 1230 g/mol. The van der Waals surface area contributed by atoms with E-state index in [2.05, 4.69) is 16.0 Å². The first-order valence-electron chi connectivity index (χ1n) is 29.4. The molecule has 0 unspecified atom stereocenters. The van der Waals surface area contributed by atoms with Gasteiger partial charge >= 0.3 is 30.2 Å². The second-order valence-corrected chi connectivity index (χ2v) is 21.6. The van der Waals surface area contributed by atoms with Gasteiger partial charge in [0.1, 0.15) is 19.0 Å². The van der Waals surface area contributed by atoms with E-state index in [1.807, 2.05) is 6.92 Å². The zero-order valence-electron chi connectivity index (χ0n) is 50.8. The molecule has 27 nitrogen and oxygen atoms in total. The number of carbonyl (C=O) groups is 8. The fourth-order valence-corrected chi connectivity index (χ4v) is 9.88. The van der Waals surface area contributed by atoms with Crippen molar-refractivity contribution in [2.45, 2.75) is 104 Å². The summed E-state index contributed by atoms with van der Waals surface area (Å²) in [4.78, 5) is 123. The maximum atomic E-state index is 13.8. The summed E-state index contributed by atoms with van der Waals surface area (Å²) in [5.41, 5.74) is 7.73. The number of nitrogens with one attached hydrogen (secondary N) is 3. The van der Waals surface area contributed by atoms with E-state index in [1.54, 1.807) is 73.9 Å². The number of fused-ring (bicyclic) bond motifs is 5. The number of urea groups is 1. The van der Waals surface area contributed by atoms with Crippen LogP contribution in [0.15, 0.2) is 53.3 Å². The molecule has 7 N–H and O–H groups in total. The van der Waals surface area contributed by atoms with E-state index in [9.17, 15) is 48.3 Å². The molecule has 0 radical (unpaired) electrons. The topological polar surface area (TPSA) is 354 Å². The number of amides is 6. The summed E-state index contributed by atoms with van der Waals surface area (Å²) in [7, 11) is 3.06. The normalized spacial score (nSPS) is 14.7. The van der Waals surface area contributed by atoms with Crippen molar-refractivity contribution >= 4 is 64.3 Å². The van der Waals surface area contributed by atoms with Gasteiger partial charge in [-0.05, 0) is 79.1 Å². The molecule has 0 spiro atoms. The highest BCUT2D eigenvalue weighted by atomic mass is 16.6. The predicted octanol–water partition coefficient (Wildman–Crippen LogP) is 4.39. The Balaban J connectivity index is 0.912. The van der Waals surface area contributed by atoms with Crippen LogP contribution in [-0.4, -0.2) is 183 Å². The molecule has 4 heterocycles. The number of carbonyl (C=O) groups excluding carboxylic acids is 7. The minimum absolute atomic E-state index is 0.0171. The number of benzene rings is 2. The number of aliphatic carboxylic acids is 1. The number of carboxylic acid groups (broad SMARTS) is 1. The van der Waals surface area contributed by atoms with Gasteiger partial charge in [-0.3, -0.25) is 24.0 Å². The van der Waals surface area contributed by atoms with Gasteiger partial charge in [-0.25, -0.2) is 24.2 Å². The Kier molecular flexibility index (Phi) is 26.6. The highest BCUT2D eigenvalue weighted by Crippen LogP contribution is 2.41. The number of aromatic nitrogens is 2. The SMILES string of the molecule is CCc1c2c(nc3ccc(OC(=O)N(C)CCN(C)C(=O)OCc4ccc(NC(=O)[C@H](CCCNC(N)=O)CC(=O)[C@@H](NC(=O)CCOCCOCCOCCOCCOCCC(=O)O)C(C)C)cc4)cc13)-c1cc3c(c(=O)n1C2)COC(=O)[C@]3(O)CC. The quantitative estimate of drug-likeness (QED) is 0.0237. The molecule has 2 aliphatic heterocycles. The number of primary amides is 1. The van der Waals surface area contributed by atoms with Crippen molar-refractivity contribution in [2.24, 2.45) is 17.6 Å². The smallest absolute Gasteiger partial charge is 0.415 e. The second-order valence-electron chi connectivity index (χ2n) is 21.6. The Morgan fingerprint density at radius 2 is 1.42 bits per heavy atom. The van der Waals surface area contributed by atoms with Crippen LogP contribution >= 0.6 is 0 Å². The zero-order valence-corrected chi connectivity index (χ0v) is 50.8. The van der Waals surface area contributed by atoms with Gasteiger partial charge in [0.15, 0.2) is 11.4 Å². The standard InChI is InChI=1S/C61H82N8O19/c1-7-43-44-33-42(15-16-48(44)65-54-45(43)35-69-49(54)34-47-46(56(69)75)37-86-57(76)61(47,80)8-2)88-60(79)68(6)21-20-67(5)59(78)87-36-39-11-13-41(14-12-39)64-55(74)40(10-9-19-63-58(62)77)32-50(70)53(38(3)4)66-51(71)17-22-81-24-26-83-28-30-85-31-29-84-27-25-82-23-18-52(72)73/h11-16,33-34,38,40,53,80H,7-10,17-32,35-37H2,1-6H3,(H,64,74)(H,66,71)(H,72,73)(H3,62,63,77)/t40-,53+,61+/m1/s1. The van der Waals surface area contributed by atoms with Crippen molar-refractivity contribution in [1.29, 1.82) is 0 Å². The van der Waals surface area contributed by atoms with Crippen LogP contribution in [0.4, 0.5) is 20.1 Å². The Labute approximate surface area is 509 Å². The lowest BCUT2D eigenvalue weighted by Gasteiger charge is -2.31. The molecule has 480 valence electrons. The summed E-state index contributed by atoms with van der Waals surface area (Å²) < 4.78 is 45.0. The summed E-state index contributed by atoms with van der Waals surface area (Å²) in [5.74, 6) is -3.82. The number of aliphatic hydroxyl groups is 1. The first kappa shape index (κ1) is 69.0. The number of rotatable bonds is 37. The van der Waals surface area contributed by atoms with Gasteiger partial charge < -0.3 is 84.2 Å². The van der Waals surface area contributed by atoms with E-state index >= 15 is 0 Å². The van der Waals surface area contributed by atoms with Crippen LogP contribution < -0.4 is 32.0 Å². The lowest BCUT2D eigenvalue weighted by atomic mass is 9.86. The molecule has 3 atom stereocenters. The summed E-state index contributed by atoms with van der Waals surface area (Å²) in [5, 5.41) is 28.7. The summed E-state index contributed by atoms with van der Waals surface area (Å²) in [6.45, 7) is 10.1. The zero-order chi connectivity index (χ0) is 63.9. The van der Waals surface area contributed by atoms with Crippen molar-refractivity contribution in [2.75, 3.05) is 105 Å². The summed E-state index contributed by atoms with van der Waals surface area (Å²) in [6.07, 6.45) is -0.489. The van der Waals surface area contributed by atoms with Gasteiger partial charge in [-0.15, -0.1) is 0 Å². The molecule has 88 heavy (non-hydrogen) atoms. The fraction of sp³-hybridized carbons (Fsp3) is 0.541. The number of aryl methyl sites for hydroxylation is 1. The van der Waals surface area contributed by atoms with E-state index in [1.165, 1.54) is 23.9 Å². The fourth-order valence-electron chi connectivity index (χ4n) is 9.88. The number of pyridine rings is 2. The average Bonchev–Trinajstić information content (AvgIpc) is 1.54. The van der Waals surface area contributed by atoms with E-state index in [0.29, 0.717) is 80.6 Å². The van der Waals surface area contributed by atoms with E-state index in [4.69, 9.17) is 53.7 Å². The number of hydrogen-bond acceptors (Lipinski definition) is 19. The molecule has 0 saturated heterocycles. The van der Waals surface area contributed by atoms with Crippen LogP contribution in [-0.2, 0) is 88.9 Å². The van der Waals surface area contributed by atoms with Crippen LogP contribution in [0.25, 0.3) is 22.3 Å². The van der Waals surface area contributed by atoms with E-state index in [-0.39, 0.29) is 132 Å². The van der Waals surface area contributed by atoms with Gasteiger partial charge in [0.25, 0.3) is 5.56 Å². The monoisotopic (exact) mass is 1230 g/mol. The lowest BCUT2D eigenvalue weighted by Crippen LogP contribution is -2.45. The number of Topliss-reactive ketones (excluding diaryl/α,β-unsaturated/α-hetero) is 1. The largest absolute Gasteiger partial charge is 0.481 e. The van der Waals surface area contributed by atoms with Crippen molar-refractivity contribution < 1.29 is 86.5 Å². The molecule has 6 amide bonds. The van der Waals surface area contributed by atoms with Crippen molar-refractivity contribution in [3.63, 3.8) is 0 Å². The highest BCUT2D eigenvalue weighted by molar-refractivity contribution is 5.97. The Bertz CT molecular complexity index is 3150. The van der Waals surface area contributed by atoms with Crippen LogP contribution in [0.3, 0.4) is 0 Å². The lowest BCUT2D eigenvalue weighted by molar-refractivity contribution is -0.172. The second kappa shape index (κ2) is 33.9. The van der Waals surface area contributed by atoms with Gasteiger partial charge in [-0.1, -0.05) is 39.8 Å². The number of likely N-dealkylation sites (N-methyl/N-ethyl adjacent to an activating group) is 2. The predicted molar refractivity (Wildman–Crippen MR) is 318 cm³/mol. The minimum Gasteiger partial charge on any atom is -0.481 e. The van der Waals surface area contributed by atoms with Gasteiger partial charge in [-0.2, -0.15) is 0 Å². The number of ketones is 1. The number of anilines is 1. The molecule has 6 rings (SSSR count). The number of cyclic esters (lactones) is 1. The molecule has 27 heteroatoms. The van der Waals surface area contributed by atoms with Crippen molar-refractivity contribution in [3.05, 3.63) is 86.7 Å². The molecule has 4 aromatic rings. The molecule has 0 aliphatic carbocycles. The maximum Gasteiger partial charge on any atom is 0.415 e. The maximum absolute atomic E-state index is 13.8. The molecular formula is C61H82N8O19. The molecule has 2 aromatic carbocycles. The van der Waals surface area contributed by atoms with Crippen LogP contribution in [0, 0.1) is 11.8 Å². The first-order valence-corrected chi connectivity index (χ1v) is 29.4. The third kappa shape index (κ3) is 19.5. The number of esters is 1. The van der Waals surface area contributed by atoms with Crippen molar-refractivity contribution in [1.82, 2.24) is 30.0 Å². The molecule has 0 fully saturated rings. The number of nitrogens with zero attached hydrogens (tertiary/aromatic N) is 4. The molecule has 2 aromatic heterocycles. The minimum atomic E-state index is -1.95. The summed E-state index contributed by atoms with van der Waals surface area (Å²) in [6, 6.07) is 11.7. The van der Waals surface area contributed by atoms with E-state index in [0.717, 1.165) is 16.5 Å². The Hall–Kier alpha value is -8.08. The van der Waals surface area contributed by atoms with Gasteiger partial charge in [0.2, 0.25) is 11.8 Å². The van der Waals surface area contributed by atoms with Crippen LogP contribution in [0.2, 0.25) is 0 Å². The first-order chi connectivity index (χ1) is 42.1. The molecule has 0 saturated carbocycles. The van der Waals surface area contributed by atoms with Gasteiger partial charge in [0.05, 0.1) is 108 Å². The van der Waals surface area contributed by atoms with Crippen LogP contribution in [0.5, 0.6) is 5.75 Å². The third-order valence-corrected chi connectivity index (χ3v) is 14.9. The van der Waals surface area contributed by atoms with Crippen LogP contribution in [0.1, 0.15) is 94.0 Å². The highest BCUT2D eigenvalue weighted by Gasteiger charge is 2.45. The molecule has 2 aliphatic rings. The van der Waals surface area contributed by atoms with E-state index < -0.39 is 59.5 Å². The number of nitrogens with two attached hydrogens (primary N) is 1. The molecular weight excluding hydrogens is 1150 g/mol. The van der Waals surface area contributed by atoms with Crippen molar-refractivity contribution in [3.8, 4) is 17.1 Å². The number of ether oxygens (including phenoxy) is 8. The number of hydrogen-bond donors (Lipinski definition) is 6. The van der Waals surface area contributed by atoms with Gasteiger partial charge in [0, 0.05) is 74.7 Å².